The van der Waals surface area contributed by atoms with E-state index in [1.54, 1.807) is 6.07 Å². The maximum atomic E-state index is 9.09. The molecule has 3 N–H and O–H groups in total. The normalized spacial score (nSPS) is 12.4. The third-order valence-corrected chi connectivity index (χ3v) is 2.77. The third-order valence-electron chi connectivity index (χ3n) is 2.77. The van der Waals surface area contributed by atoms with Gasteiger partial charge >= 0.3 is 5.97 Å². The molecule has 0 aliphatic carbocycles. The fraction of sp³-hybridized carbons (Fsp3) is 0.0769. The van der Waals surface area contributed by atoms with Crippen molar-refractivity contribution in [3.8, 4) is 0 Å². The van der Waals surface area contributed by atoms with Gasteiger partial charge in [0.1, 0.15) is 11.2 Å². The summed E-state index contributed by atoms with van der Waals surface area (Å²) >= 11 is 0. The van der Waals surface area contributed by atoms with E-state index in [1.807, 2.05) is 24.3 Å². The van der Waals surface area contributed by atoms with Crippen LogP contribution in [0.3, 0.4) is 0 Å². The van der Waals surface area contributed by atoms with E-state index in [-0.39, 0.29) is 5.56 Å². The minimum absolute atomic E-state index is 0.0240. The minimum atomic E-state index is -2.84. The number of furan rings is 1. The molecular weight excluding hydrogens is 220 g/mol. The highest BCUT2D eigenvalue weighted by molar-refractivity contribution is 6.04. The van der Waals surface area contributed by atoms with Crippen molar-refractivity contribution in [1.82, 2.24) is 0 Å². The van der Waals surface area contributed by atoms with Gasteiger partial charge in [-0.15, -0.1) is 0 Å². The van der Waals surface area contributed by atoms with Crippen LogP contribution in [-0.4, -0.2) is 15.3 Å². The van der Waals surface area contributed by atoms with E-state index in [4.69, 9.17) is 19.7 Å². The minimum Gasteiger partial charge on any atom is -0.456 e. The van der Waals surface area contributed by atoms with Crippen molar-refractivity contribution < 1.29 is 19.7 Å². The number of rotatable bonds is 1. The second-order valence-corrected chi connectivity index (χ2v) is 3.94. The molecule has 0 fully saturated rings. The van der Waals surface area contributed by atoms with Crippen molar-refractivity contribution in [2.75, 3.05) is 0 Å². The van der Waals surface area contributed by atoms with E-state index in [0.29, 0.717) is 5.58 Å². The zero-order valence-electron chi connectivity index (χ0n) is 8.79. The van der Waals surface area contributed by atoms with Crippen molar-refractivity contribution in [1.29, 1.82) is 0 Å². The summed E-state index contributed by atoms with van der Waals surface area (Å²) in [5.74, 6) is -2.84. The number of aliphatic hydroxyl groups is 3. The predicted octanol–water partition coefficient (Wildman–Crippen LogP) is 1.67. The molecule has 0 saturated carbocycles. The lowest BCUT2D eigenvalue weighted by atomic mass is 10.1. The van der Waals surface area contributed by atoms with Crippen LogP contribution in [0.2, 0.25) is 0 Å². The summed E-state index contributed by atoms with van der Waals surface area (Å²) in [7, 11) is 0. The molecule has 0 aliphatic heterocycles. The van der Waals surface area contributed by atoms with Crippen LogP contribution in [0, 0.1) is 0 Å². The highest BCUT2D eigenvalue weighted by Crippen LogP contribution is 2.30. The molecule has 0 saturated heterocycles. The molecule has 17 heavy (non-hydrogen) atoms. The lowest BCUT2D eigenvalue weighted by molar-refractivity contribution is -0.323. The lowest BCUT2D eigenvalue weighted by Crippen LogP contribution is -2.23. The summed E-state index contributed by atoms with van der Waals surface area (Å²) in [4.78, 5) is 0. The van der Waals surface area contributed by atoms with Gasteiger partial charge in [0.2, 0.25) is 0 Å². The van der Waals surface area contributed by atoms with E-state index in [0.717, 1.165) is 16.4 Å². The molecule has 3 aromatic rings. The first kappa shape index (κ1) is 10.3. The van der Waals surface area contributed by atoms with Crippen LogP contribution in [-0.2, 0) is 5.97 Å². The first-order chi connectivity index (χ1) is 8.05. The van der Waals surface area contributed by atoms with E-state index in [2.05, 4.69) is 0 Å². The summed E-state index contributed by atoms with van der Waals surface area (Å²) in [6.07, 6.45) is 0. The zero-order valence-corrected chi connectivity index (χ0v) is 8.79. The molecular formula is C13H10O4. The fourth-order valence-corrected chi connectivity index (χ4v) is 1.93. The van der Waals surface area contributed by atoms with Gasteiger partial charge in [0, 0.05) is 16.3 Å². The van der Waals surface area contributed by atoms with Gasteiger partial charge in [-0.1, -0.05) is 24.3 Å². The monoisotopic (exact) mass is 230 g/mol. The Balaban J connectivity index is 2.34. The molecule has 4 nitrogen and oxygen atoms in total. The van der Waals surface area contributed by atoms with Gasteiger partial charge < -0.3 is 19.7 Å². The zero-order chi connectivity index (χ0) is 12.0. The van der Waals surface area contributed by atoms with Crippen molar-refractivity contribution in [2.45, 2.75) is 5.97 Å². The molecule has 3 rings (SSSR count). The van der Waals surface area contributed by atoms with Crippen LogP contribution < -0.4 is 0 Å². The smallest absolute Gasteiger partial charge is 0.304 e. The number of benzene rings is 2. The molecule has 1 aromatic heterocycles. The Labute approximate surface area is 96.3 Å². The molecule has 2 aromatic carbocycles. The van der Waals surface area contributed by atoms with E-state index in [9.17, 15) is 0 Å². The van der Waals surface area contributed by atoms with Crippen molar-refractivity contribution in [2.24, 2.45) is 0 Å². The Morgan fingerprint density at radius 3 is 2.29 bits per heavy atom. The van der Waals surface area contributed by atoms with Gasteiger partial charge in [0.15, 0.2) is 0 Å². The van der Waals surface area contributed by atoms with Crippen LogP contribution >= 0.6 is 0 Å². The Hall–Kier alpha value is -1.88. The average Bonchev–Trinajstić information content (AvgIpc) is 2.65. The molecule has 0 atom stereocenters. The number of para-hydroxylation sites is 1. The van der Waals surface area contributed by atoms with E-state index in [1.165, 1.54) is 12.1 Å². The largest absolute Gasteiger partial charge is 0.456 e. The van der Waals surface area contributed by atoms with Crippen molar-refractivity contribution in [3.63, 3.8) is 0 Å². The molecule has 1 heterocycles. The van der Waals surface area contributed by atoms with Crippen molar-refractivity contribution in [3.05, 3.63) is 48.0 Å². The molecule has 0 amide bonds. The van der Waals surface area contributed by atoms with Crippen LogP contribution in [0.4, 0.5) is 0 Å². The Morgan fingerprint density at radius 2 is 1.53 bits per heavy atom. The number of fused-ring (bicyclic) bond motifs is 3. The van der Waals surface area contributed by atoms with Crippen LogP contribution in [0.1, 0.15) is 5.56 Å². The van der Waals surface area contributed by atoms with E-state index >= 15 is 0 Å². The van der Waals surface area contributed by atoms with Gasteiger partial charge in [0.05, 0.1) is 0 Å². The molecule has 4 heteroatoms. The average molecular weight is 230 g/mol. The molecule has 0 aliphatic rings. The summed E-state index contributed by atoms with van der Waals surface area (Å²) in [5, 5.41) is 29.1. The maximum absolute atomic E-state index is 9.09. The molecule has 0 spiro atoms. The Bertz CT molecular complexity index is 691. The third kappa shape index (κ3) is 1.59. The molecule has 0 radical (unpaired) electrons. The van der Waals surface area contributed by atoms with Gasteiger partial charge in [-0.05, 0) is 18.2 Å². The Kier molecular flexibility index (Phi) is 2.00. The standard InChI is InChI=1S/C13H10O4/c14-13(15,16)8-5-6-10-9-3-1-2-4-11(9)17-12(10)7-8/h1-7,14-16H. The second-order valence-electron chi connectivity index (χ2n) is 3.94. The SMILES string of the molecule is OC(O)(O)c1ccc2c(c1)oc1ccccc12. The topological polar surface area (TPSA) is 73.8 Å². The lowest BCUT2D eigenvalue weighted by Gasteiger charge is -2.13. The van der Waals surface area contributed by atoms with Gasteiger partial charge in [-0.2, -0.15) is 0 Å². The van der Waals surface area contributed by atoms with Crippen LogP contribution in [0.15, 0.2) is 46.9 Å². The highest BCUT2D eigenvalue weighted by atomic mass is 16.7. The number of hydrogen-bond acceptors (Lipinski definition) is 4. The first-order valence-corrected chi connectivity index (χ1v) is 5.14. The second kappa shape index (κ2) is 3.30. The van der Waals surface area contributed by atoms with Crippen LogP contribution in [0.25, 0.3) is 21.9 Å². The first-order valence-electron chi connectivity index (χ1n) is 5.14. The van der Waals surface area contributed by atoms with Crippen LogP contribution in [0.5, 0.6) is 0 Å². The van der Waals surface area contributed by atoms with E-state index < -0.39 is 5.97 Å². The number of hydrogen-bond donors (Lipinski definition) is 3. The quantitative estimate of drug-likeness (QED) is 0.556. The fourth-order valence-electron chi connectivity index (χ4n) is 1.93. The van der Waals surface area contributed by atoms with Gasteiger partial charge in [-0.3, -0.25) is 0 Å². The predicted molar refractivity (Wildman–Crippen MR) is 62.1 cm³/mol. The van der Waals surface area contributed by atoms with Gasteiger partial charge in [-0.25, -0.2) is 0 Å². The highest BCUT2D eigenvalue weighted by Gasteiger charge is 2.22. The summed E-state index contributed by atoms with van der Waals surface area (Å²) in [6, 6.07) is 12.1. The summed E-state index contributed by atoms with van der Waals surface area (Å²) < 4.78 is 5.55. The molecule has 0 unspecified atom stereocenters. The summed E-state index contributed by atoms with van der Waals surface area (Å²) in [6.45, 7) is 0. The molecule has 86 valence electrons. The van der Waals surface area contributed by atoms with Crippen molar-refractivity contribution >= 4 is 21.9 Å². The summed E-state index contributed by atoms with van der Waals surface area (Å²) in [5.41, 5.74) is 1.20. The molecule has 0 bridgehead atoms. The Morgan fingerprint density at radius 1 is 0.824 bits per heavy atom. The maximum Gasteiger partial charge on any atom is 0.304 e. The van der Waals surface area contributed by atoms with Gasteiger partial charge in [0.25, 0.3) is 0 Å².